The molecule has 0 spiro atoms. The van der Waals surface area contributed by atoms with Gasteiger partial charge in [-0.25, -0.2) is 17.9 Å². The van der Waals surface area contributed by atoms with E-state index in [1.165, 1.54) is 32.4 Å². The molecule has 0 atom stereocenters. The first-order valence-electron chi connectivity index (χ1n) is 6.71. The van der Waals surface area contributed by atoms with Crippen molar-refractivity contribution < 1.29 is 22.7 Å². The smallest absolute Gasteiger partial charge is 0.334 e. The summed E-state index contributed by atoms with van der Waals surface area (Å²) in [4.78, 5) is 19.6. The Morgan fingerprint density at radius 3 is 2.33 bits per heavy atom. The molecule has 0 aliphatic rings. The number of carbonyl (C=O) groups excluding carboxylic acids is 1. The van der Waals surface area contributed by atoms with Crippen LogP contribution >= 0.6 is 0 Å². The zero-order chi connectivity index (χ0) is 17.7. The normalized spacial score (nSPS) is 10.8. The van der Waals surface area contributed by atoms with Crippen LogP contribution in [0.25, 0.3) is 0 Å². The quantitative estimate of drug-likeness (QED) is 0.832. The van der Waals surface area contributed by atoms with Crippen LogP contribution in [0.4, 0.5) is 10.6 Å². The predicted molar refractivity (Wildman–Crippen MR) is 85.7 cm³/mol. The first-order valence-corrected chi connectivity index (χ1v) is 8.20. The Balaban J connectivity index is 2.14. The molecule has 1 aromatic heterocycles. The highest BCUT2D eigenvalue weighted by Crippen LogP contribution is 2.17. The molecular formula is C14H16N4O5S. The summed E-state index contributed by atoms with van der Waals surface area (Å²) in [6.07, 6.45) is 0. The highest BCUT2D eigenvalue weighted by atomic mass is 32.2. The maximum atomic E-state index is 12.1. The van der Waals surface area contributed by atoms with Gasteiger partial charge in [-0.1, -0.05) is 17.7 Å². The van der Waals surface area contributed by atoms with Gasteiger partial charge < -0.3 is 9.47 Å². The summed E-state index contributed by atoms with van der Waals surface area (Å²) in [7, 11) is -1.27. The molecule has 0 fully saturated rings. The van der Waals surface area contributed by atoms with E-state index < -0.39 is 16.1 Å². The number of aromatic nitrogens is 2. The van der Waals surface area contributed by atoms with Crippen LogP contribution in [0.5, 0.6) is 11.9 Å². The van der Waals surface area contributed by atoms with Crippen molar-refractivity contribution in [2.75, 3.05) is 19.5 Å². The summed E-state index contributed by atoms with van der Waals surface area (Å²) in [6, 6.07) is 6.38. The van der Waals surface area contributed by atoms with E-state index in [9.17, 15) is 13.2 Å². The van der Waals surface area contributed by atoms with E-state index in [1.807, 2.05) is 11.6 Å². The predicted octanol–water partition coefficient (Wildman–Crippen LogP) is 1.31. The second-order valence-electron chi connectivity index (χ2n) is 4.65. The molecule has 1 heterocycles. The van der Waals surface area contributed by atoms with Crippen LogP contribution in [-0.4, -0.2) is 38.6 Å². The van der Waals surface area contributed by atoms with Crippen molar-refractivity contribution in [3.8, 4) is 11.9 Å². The van der Waals surface area contributed by atoms with Crippen LogP contribution in [0, 0.1) is 6.92 Å². The number of rotatable bonds is 5. The minimum Gasteiger partial charge on any atom is -0.481 e. The van der Waals surface area contributed by atoms with Gasteiger partial charge in [0.25, 0.3) is 10.0 Å². The van der Waals surface area contributed by atoms with Gasteiger partial charge >= 0.3 is 12.0 Å². The fourth-order valence-electron chi connectivity index (χ4n) is 1.70. The second-order valence-corrected chi connectivity index (χ2v) is 6.34. The average molecular weight is 352 g/mol. The molecule has 10 heteroatoms. The van der Waals surface area contributed by atoms with Gasteiger partial charge in [0.1, 0.15) is 5.82 Å². The Morgan fingerprint density at radius 2 is 1.75 bits per heavy atom. The number of sulfonamides is 1. The number of hydrogen-bond acceptors (Lipinski definition) is 7. The molecule has 2 rings (SSSR count). The number of methoxy groups -OCH3 is 2. The number of nitrogens with zero attached hydrogens (tertiary/aromatic N) is 2. The standard InChI is InChI=1S/C14H16N4O5S/c1-9-4-6-10(7-5-9)24(20,21)18-13(19)15-11-8-12(22-2)17-14(16-11)23-3/h4-8H,1-3H3,(H2,15,16,17,18,19). The summed E-state index contributed by atoms with van der Waals surface area (Å²) >= 11 is 0. The van der Waals surface area contributed by atoms with Crippen LogP contribution < -0.4 is 19.5 Å². The minimum absolute atomic E-state index is 0.0234. The molecule has 0 aliphatic heterocycles. The lowest BCUT2D eigenvalue weighted by molar-refractivity contribution is 0.256. The van der Waals surface area contributed by atoms with Crippen LogP contribution in [0.3, 0.4) is 0 Å². The monoisotopic (exact) mass is 352 g/mol. The Bertz CT molecular complexity index is 814. The van der Waals surface area contributed by atoms with E-state index >= 15 is 0 Å². The van der Waals surface area contributed by atoms with E-state index in [0.29, 0.717) is 0 Å². The van der Waals surface area contributed by atoms with Crippen LogP contribution in [0.15, 0.2) is 35.2 Å². The number of urea groups is 1. The summed E-state index contributed by atoms with van der Waals surface area (Å²) in [5.41, 5.74) is 0.901. The number of benzene rings is 1. The van der Waals surface area contributed by atoms with Crippen LogP contribution in [0.1, 0.15) is 5.56 Å². The van der Waals surface area contributed by atoms with Crippen molar-refractivity contribution in [2.45, 2.75) is 11.8 Å². The molecule has 0 saturated carbocycles. The Kier molecular flexibility index (Phi) is 5.19. The zero-order valence-electron chi connectivity index (χ0n) is 13.2. The maximum Gasteiger partial charge on any atom is 0.334 e. The Morgan fingerprint density at radius 1 is 1.08 bits per heavy atom. The average Bonchev–Trinajstić information content (AvgIpc) is 2.54. The van der Waals surface area contributed by atoms with Crippen LogP contribution in [0.2, 0.25) is 0 Å². The topological polar surface area (TPSA) is 120 Å². The number of ether oxygens (including phenoxy) is 2. The third-order valence-corrected chi connectivity index (χ3v) is 4.22. The van der Waals surface area contributed by atoms with Crippen molar-refractivity contribution in [3.05, 3.63) is 35.9 Å². The lowest BCUT2D eigenvalue weighted by atomic mass is 10.2. The SMILES string of the molecule is COc1cc(NC(=O)NS(=O)(=O)c2ccc(C)cc2)nc(OC)n1. The number of hydrogen-bond donors (Lipinski definition) is 2. The summed E-state index contributed by atoms with van der Waals surface area (Å²) in [5.74, 6) is 0.175. The number of nitrogens with one attached hydrogen (secondary N) is 2. The third kappa shape index (κ3) is 4.32. The van der Waals surface area contributed by atoms with E-state index in [-0.39, 0.29) is 22.6 Å². The van der Waals surface area contributed by atoms with Gasteiger partial charge in [-0.05, 0) is 19.1 Å². The van der Waals surface area contributed by atoms with Gasteiger partial charge in [0.05, 0.1) is 19.1 Å². The molecular weight excluding hydrogens is 336 g/mol. The second kappa shape index (κ2) is 7.13. The molecule has 0 unspecified atom stereocenters. The van der Waals surface area contributed by atoms with E-state index in [1.54, 1.807) is 12.1 Å². The largest absolute Gasteiger partial charge is 0.481 e. The number of carbonyl (C=O) groups is 1. The lowest BCUT2D eigenvalue weighted by Crippen LogP contribution is -2.34. The number of anilines is 1. The number of amides is 2. The minimum atomic E-state index is -4.00. The van der Waals surface area contributed by atoms with Gasteiger partial charge in [0.2, 0.25) is 5.88 Å². The van der Waals surface area contributed by atoms with Crippen molar-refractivity contribution in [1.29, 1.82) is 0 Å². The molecule has 2 aromatic rings. The molecule has 0 bridgehead atoms. The lowest BCUT2D eigenvalue weighted by Gasteiger charge is -2.10. The highest BCUT2D eigenvalue weighted by molar-refractivity contribution is 7.90. The molecule has 128 valence electrons. The van der Waals surface area contributed by atoms with Crippen molar-refractivity contribution >= 4 is 21.9 Å². The van der Waals surface area contributed by atoms with Crippen molar-refractivity contribution in [1.82, 2.24) is 14.7 Å². The van der Waals surface area contributed by atoms with Gasteiger partial charge in [-0.15, -0.1) is 0 Å². The molecule has 0 radical (unpaired) electrons. The van der Waals surface area contributed by atoms with Crippen molar-refractivity contribution in [2.24, 2.45) is 0 Å². The summed E-state index contributed by atoms with van der Waals surface area (Å²) < 4.78 is 36.0. The van der Waals surface area contributed by atoms with Crippen LogP contribution in [-0.2, 0) is 10.0 Å². The first kappa shape index (κ1) is 17.5. The molecule has 2 amide bonds. The van der Waals surface area contributed by atoms with E-state index in [4.69, 9.17) is 9.47 Å². The van der Waals surface area contributed by atoms with E-state index in [2.05, 4.69) is 15.3 Å². The highest BCUT2D eigenvalue weighted by Gasteiger charge is 2.18. The summed E-state index contributed by atoms with van der Waals surface area (Å²) in [5, 5.41) is 2.29. The van der Waals surface area contributed by atoms with Gasteiger partial charge in [0.15, 0.2) is 0 Å². The van der Waals surface area contributed by atoms with Crippen molar-refractivity contribution in [3.63, 3.8) is 0 Å². The van der Waals surface area contributed by atoms with Gasteiger partial charge in [0, 0.05) is 6.07 Å². The fourth-order valence-corrected chi connectivity index (χ4v) is 2.61. The molecule has 0 aliphatic carbocycles. The fraction of sp³-hybridized carbons (Fsp3) is 0.214. The third-order valence-electron chi connectivity index (χ3n) is 2.87. The zero-order valence-corrected chi connectivity index (χ0v) is 14.0. The first-order chi connectivity index (χ1) is 11.3. The Labute approximate surface area is 139 Å². The van der Waals surface area contributed by atoms with E-state index in [0.717, 1.165) is 5.56 Å². The molecule has 9 nitrogen and oxygen atoms in total. The molecule has 24 heavy (non-hydrogen) atoms. The molecule has 2 N–H and O–H groups in total. The summed E-state index contributed by atoms with van der Waals surface area (Å²) in [6.45, 7) is 1.83. The number of aryl methyl sites for hydroxylation is 1. The molecule has 0 saturated heterocycles. The molecule has 1 aromatic carbocycles. The van der Waals surface area contributed by atoms with Gasteiger partial charge in [-0.3, -0.25) is 5.32 Å². The van der Waals surface area contributed by atoms with Gasteiger partial charge in [-0.2, -0.15) is 9.97 Å². The Hall–Kier alpha value is -2.88. The maximum absolute atomic E-state index is 12.1.